The first-order chi connectivity index (χ1) is 9.56. The van der Waals surface area contributed by atoms with Crippen molar-refractivity contribution in [2.24, 2.45) is 5.92 Å². The van der Waals surface area contributed by atoms with Gasteiger partial charge in [0.1, 0.15) is 0 Å². The van der Waals surface area contributed by atoms with Gasteiger partial charge >= 0.3 is 5.97 Å². The molecule has 0 fully saturated rings. The van der Waals surface area contributed by atoms with Crippen LogP contribution in [0.3, 0.4) is 0 Å². The Hall–Kier alpha value is -1.59. The summed E-state index contributed by atoms with van der Waals surface area (Å²) < 4.78 is 0. The Morgan fingerprint density at radius 2 is 2.35 bits per heavy atom. The lowest BCUT2D eigenvalue weighted by atomic mass is 10.1. The summed E-state index contributed by atoms with van der Waals surface area (Å²) >= 11 is 7.48. The molecule has 1 aromatic carbocycles. The monoisotopic (exact) mass is 310 g/mol. The average molecular weight is 311 g/mol. The topological polar surface area (TPSA) is 53.4 Å². The maximum Gasteiger partial charge on any atom is 0.308 e. The zero-order valence-electron chi connectivity index (χ0n) is 11.0. The number of aromatic nitrogens is 1. The van der Waals surface area contributed by atoms with E-state index in [1.165, 1.54) is 11.3 Å². The van der Waals surface area contributed by atoms with E-state index in [4.69, 9.17) is 16.7 Å². The minimum absolute atomic E-state index is 0.412. The third-order valence-electron chi connectivity index (χ3n) is 2.87. The van der Waals surface area contributed by atoms with E-state index in [0.717, 1.165) is 10.7 Å². The van der Waals surface area contributed by atoms with Crippen LogP contribution in [0.15, 0.2) is 35.8 Å². The number of aliphatic carboxylic acids is 1. The molecule has 0 saturated carbocycles. The zero-order valence-corrected chi connectivity index (χ0v) is 12.6. The van der Waals surface area contributed by atoms with Crippen molar-refractivity contribution in [1.29, 1.82) is 0 Å². The van der Waals surface area contributed by atoms with Crippen LogP contribution < -0.4 is 4.90 Å². The number of benzene rings is 1. The second kappa shape index (κ2) is 6.72. The van der Waals surface area contributed by atoms with Crippen LogP contribution in [0.25, 0.3) is 0 Å². The minimum atomic E-state index is -0.808. The maximum atomic E-state index is 11.0. The molecule has 0 aliphatic carbocycles. The molecule has 1 unspecified atom stereocenters. The van der Waals surface area contributed by atoms with Gasteiger partial charge in [-0.1, -0.05) is 30.7 Å². The van der Waals surface area contributed by atoms with Gasteiger partial charge in [-0.2, -0.15) is 0 Å². The van der Waals surface area contributed by atoms with Gasteiger partial charge in [0.15, 0.2) is 5.13 Å². The van der Waals surface area contributed by atoms with Gasteiger partial charge in [-0.25, -0.2) is 4.98 Å². The molecule has 1 heterocycles. The van der Waals surface area contributed by atoms with E-state index in [1.807, 2.05) is 34.5 Å². The third kappa shape index (κ3) is 3.95. The molecular formula is C14H15ClN2O2S. The Balaban J connectivity index is 2.17. The van der Waals surface area contributed by atoms with Crippen LogP contribution in [0, 0.1) is 5.92 Å². The molecule has 0 saturated heterocycles. The van der Waals surface area contributed by atoms with E-state index in [2.05, 4.69) is 4.98 Å². The molecule has 0 spiro atoms. The summed E-state index contributed by atoms with van der Waals surface area (Å²) in [6.45, 7) is 2.70. The summed E-state index contributed by atoms with van der Waals surface area (Å²) in [6.07, 6.45) is 1.72. The Morgan fingerprint density at radius 3 is 2.95 bits per heavy atom. The van der Waals surface area contributed by atoms with E-state index in [1.54, 1.807) is 13.1 Å². The minimum Gasteiger partial charge on any atom is -0.481 e. The van der Waals surface area contributed by atoms with Crippen LogP contribution >= 0.6 is 22.9 Å². The van der Waals surface area contributed by atoms with Crippen LogP contribution in [-0.2, 0) is 11.3 Å². The summed E-state index contributed by atoms with van der Waals surface area (Å²) in [4.78, 5) is 17.3. The molecular weight excluding hydrogens is 296 g/mol. The summed E-state index contributed by atoms with van der Waals surface area (Å²) in [5.41, 5.74) is 1.03. The molecule has 6 heteroatoms. The van der Waals surface area contributed by atoms with Crippen molar-refractivity contribution in [3.63, 3.8) is 0 Å². The largest absolute Gasteiger partial charge is 0.481 e. The Kier molecular flexibility index (Phi) is 4.98. The fourth-order valence-corrected chi connectivity index (χ4v) is 2.71. The van der Waals surface area contributed by atoms with Crippen molar-refractivity contribution in [2.75, 3.05) is 11.4 Å². The predicted octanol–water partition coefficient (Wildman–Crippen LogP) is 3.52. The van der Waals surface area contributed by atoms with Crippen LogP contribution in [0.1, 0.15) is 12.5 Å². The van der Waals surface area contributed by atoms with Crippen molar-refractivity contribution in [3.05, 3.63) is 46.4 Å². The molecule has 0 radical (unpaired) electrons. The van der Waals surface area contributed by atoms with Gasteiger partial charge in [0.2, 0.25) is 0 Å². The molecule has 2 aromatic rings. The van der Waals surface area contributed by atoms with Crippen LogP contribution in [0.5, 0.6) is 0 Å². The standard InChI is InChI=1S/C14H15ClN2O2S/c1-10(13(18)19)8-17(14-16-5-6-20-14)9-11-3-2-4-12(15)7-11/h2-7,10H,8-9H2,1H3,(H,18,19). The number of carboxylic acids is 1. The second-order valence-corrected chi connectivity index (χ2v) is 5.87. The number of carbonyl (C=O) groups is 1. The lowest BCUT2D eigenvalue weighted by Crippen LogP contribution is -2.31. The summed E-state index contributed by atoms with van der Waals surface area (Å²) in [5, 5.41) is 12.4. The van der Waals surface area contributed by atoms with Crippen molar-refractivity contribution in [1.82, 2.24) is 4.98 Å². The zero-order chi connectivity index (χ0) is 14.5. The number of anilines is 1. The SMILES string of the molecule is CC(CN(Cc1cccc(Cl)c1)c1nccs1)C(=O)O. The molecule has 1 atom stereocenters. The lowest BCUT2D eigenvalue weighted by Gasteiger charge is -2.24. The van der Waals surface area contributed by atoms with E-state index >= 15 is 0 Å². The average Bonchev–Trinajstić information content (AvgIpc) is 2.91. The first-order valence-corrected chi connectivity index (χ1v) is 7.43. The highest BCUT2D eigenvalue weighted by Gasteiger charge is 2.18. The molecule has 106 valence electrons. The van der Waals surface area contributed by atoms with Crippen LogP contribution in [0.2, 0.25) is 5.02 Å². The summed E-state index contributed by atoms with van der Waals surface area (Å²) in [7, 11) is 0. The van der Waals surface area contributed by atoms with Crippen molar-refractivity contribution < 1.29 is 9.90 Å². The van der Waals surface area contributed by atoms with E-state index < -0.39 is 11.9 Å². The van der Waals surface area contributed by atoms with Gasteiger partial charge in [0.05, 0.1) is 5.92 Å². The van der Waals surface area contributed by atoms with Crippen LogP contribution in [0.4, 0.5) is 5.13 Å². The van der Waals surface area contributed by atoms with E-state index in [-0.39, 0.29) is 0 Å². The predicted molar refractivity (Wildman–Crippen MR) is 81.4 cm³/mol. The van der Waals surface area contributed by atoms with E-state index in [0.29, 0.717) is 18.1 Å². The first kappa shape index (κ1) is 14.8. The van der Waals surface area contributed by atoms with Crippen molar-refractivity contribution >= 4 is 34.0 Å². The highest BCUT2D eigenvalue weighted by atomic mass is 35.5. The Labute approximate surface area is 126 Å². The first-order valence-electron chi connectivity index (χ1n) is 6.18. The summed E-state index contributed by atoms with van der Waals surface area (Å²) in [5.74, 6) is -1.27. The summed E-state index contributed by atoms with van der Waals surface area (Å²) in [6, 6.07) is 7.56. The van der Waals surface area contributed by atoms with Gasteiger partial charge in [-0.05, 0) is 17.7 Å². The smallest absolute Gasteiger partial charge is 0.308 e. The number of carboxylic acid groups (broad SMARTS) is 1. The number of hydrogen-bond donors (Lipinski definition) is 1. The Morgan fingerprint density at radius 1 is 1.55 bits per heavy atom. The van der Waals surface area contributed by atoms with Gasteiger partial charge in [-0.3, -0.25) is 4.79 Å². The number of hydrogen-bond acceptors (Lipinski definition) is 4. The van der Waals surface area contributed by atoms with Crippen LogP contribution in [-0.4, -0.2) is 22.6 Å². The number of nitrogens with zero attached hydrogens (tertiary/aromatic N) is 2. The van der Waals surface area contributed by atoms with Crippen molar-refractivity contribution in [2.45, 2.75) is 13.5 Å². The molecule has 1 N–H and O–H groups in total. The molecule has 2 rings (SSSR count). The van der Waals surface area contributed by atoms with Gasteiger partial charge in [0, 0.05) is 29.7 Å². The molecule has 0 aliphatic heterocycles. The number of rotatable bonds is 6. The molecule has 1 aromatic heterocycles. The van der Waals surface area contributed by atoms with E-state index in [9.17, 15) is 4.79 Å². The fourth-order valence-electron chi connectivity index (χ4n) is 1.85. The normalized spacial score (nSPS) is 12.1. The highest BCUT2D eigenvalue weighted by molar-refractivity contribution is 7.13. The van der Waals surface area contributed by atoms with Gasteiger partial charge < -0.3 is 10.0 Å². The molecule has 4 nitrogen and oxygen atoms in total. The maximum absolute atomic E-state index is 11.0. The molecule has 20 heavy (non-hydrogen) atoms. The fraction of sp³-hybridized carbons (Fsp3) is 0.286. The number of thiazole rings is 1. The van der Waals surface area contributed by atoms with Gasteiger partial charge in [0.25, 0.3) is 0 Å². The van der Waals surface area contributed by atoms with Crippen molar-refractivity contribution in [3.8, 4) is 0 Å². The number of halogens is 1. The lowest BCUT2D eigenvalue weighted by molar-refractivity contribution is -0.140. The third-order valence-corrected chi connectivity index (χ3v) is 3.94. The second-order valence-electron chi connectivity index (χ2n) is 4.56. The molecule has 0 bridgehead atoms. The Bertz CT molecular complexity index is 574. The molecule has 0 amide bonds. The van der Waals surface area contributed by atoms with Gasteiger partial charge in [-0.15, -0.1) is 11.3 Å². The quantitative estimate of drug-likeness (QED) is 0.887. The molecule has 0 aliphatic rings. The highest BCUT2D eigenvalue weighted by Crippen LogP contribution is 2.22.